The van der Waals surface area contributed by atoms with Gasteiger partial charge in [0.1, 0.15) is 12.3 Å². The molecule has 0 radical (unpaired) electrons. The Hall–Kier alpha value is -2.56. The minimum absolute atomic E-state index is 0.190. The number of carbonyl (C=O) groups is 2. The molecule has 0 aliphatic heterocycles. The zero-order chi connectivity index (χ0) is 19.9. The van der Waals surface area contributed by atoms with Crippen molar-refractivity contribution in [2.75, 3.05) is 0 Å². The number of carboxylic acid groups (broad SMARTS) is 1. The fourth-order valence-corrected chi connectivity index (χ4v) is 2.91. The van der Waals surface area contributed by atoms with E-state index in [1.807, 2.05) is 41.5 Å². The number of rotatable bonds is 4. The molecule has 26 heavy (non-hydrogen) atoms. The second-order valence-corrected chi connectivity index (χ2v) is 8.72. The van der Waals surface area contributed by atoms with Gasteiger partial charge in [0.25, 0.3) is 0 Å². The van der Waals surface area contributed by atoms with Crippen LogP contribution in [0.4, 0.5) is 0 Å². The largest absolute Gasteiger partial charge is 0.507 e. The Morgan fingerprint density at radius 1 is 0.962 bits per heavy atom. The standard InChI is InChI=1S/C21H27NO4/c1-20(2,3)15-9-14(10-16(19(15)26)21(4,5)6)18(25)13-7-8-22(11-13)12-17(23)24/h7-11,26H,12H2,1-6H3,(H,23,24). The lowest BCUT2D eigenvalue weighted by atomic mass is 9.78. The Morgan fingerprint density at radius 3 is 1.88 bits per heavy atom. The van der Waals surface area contributed by atoms with Gasteiger partial charge in [-0.25, -0.2) is 0 Å². The van der Waals surface area contributed by atoms with Crippen LogP contribution >= 0.6 is 0 Å². The molecule has 0 amide bonds. The second-order valence-electron chi connectivity index (χ2n) is 8.72. The molecule has 0 spiro atoms. The number of aromatic hydroxyl groups is 1. The molecular formula is C21H27NO4. The number of aliphatic carboxylic acids is 1. The van der Waals surface area contributed by atoms with E-state index < -0.39 is 5.97 Å². The number of nitrogens with zero attached hydrogens (tertiary/aromatic N) is 1. The molecule has 1 heterocycles. The fourth-order valence-electron chi connectivity index (χ4n) is 2.91. The van der Waals surface area contributed by atoms with Gasteiger partial charge in [-0.1, -0.05) is 41.5 Å². The molecule has 0 fully saturated rings. The zero-order valence-corrected chi connectivity index (χ0v) is 16.3. The van der Waals surface area contributed by atoms with Crippen molar-refractivity contribution in [3.8, 4) is 5.75 Å². The number of hydrogen-bond donors (Lipinski definition) is 2. The predicted molar refractivity (Wildman–Crippen MR) is 101 cm³/mol. The molecule has 1 aromatic heterocycles. The minimum atomic E-state index is -0.964. The third kappa shape index (κ3) is 4.15. The van der Waals surface area contributed by atoms with Crippen molar-refractivity contribution in [1.29, 1.82) is 0 Å². The summed E-state index contributed by atoms with van der Waals surface area (Å²) < 4.78 is 1.46. The maximum absolute atomic E-state index is 13.0. The highest BCUT2D eigenvalue weighted by Crippen LogP contribution is 2.40. The topological polar surface area (TPSA) is 79.5 Å². The Kier molecular flexibility index (Phi) is 5.04. The quantitative estimate of drug-likeness (QED) is 0.807. The molecule has 0 saturated heterocycles. The Morgan fingerprint density at radius 2 is 1.46 bits per heavy atom. The number of benzene rings is 1. The summed E-state index contributed by atoms with van der Waals surface area (Å²) in [7, 11) is 0. The van der Waals surface area contributed by atoms with Crippen molar-refractivity contribution in [3.63, 3.8) is 0 Å². The molecule has 0 aliphatic rings. The highest BCUT2D eigenvalue weighted by atomic mass is 16.4. The van der Waals surface area contributed by atoms with Crippen LogP contribution in [0.15, 0.2) is 30.6 Å². The Bertz CT molecular complexity index is 813. The van der Waals surface area contributed by atoms with E-state index in [1.54, 1.807) is 24.4 Å². The monoisotopic (exact) mass is 357 g/mol. The van der Waals surface area contributed by atoms with Crippen molar-refractivity contribution in [2.24, 2.45) is 0 Å². The summed E-state index contributed by atoms with van der Waals surface area (Å²) in [5.41, 5.74) is 1.71. The molecule has 0 aliphatic carbocycles. The van der Waals surface area contributed by atoms with Gasteiger partial charge in [0.05, 0.1) is 0 Å². The van der Waals surface area contributed by atoms with E-state index in [0.717, 1.165) is 11.1 Å². The number of carbonyl (C=O) groups excluding carboxylic acids is 1. The maximum Gasteiger partial charge on any atom is 0.323 e. The van der Waals surface area contributed by atoms with Crippen molar-refractivity contribution in [2.45, 2.75) is 58.9 Å². The molecule has 2 aromatic rings. The average molecular weight is 357 g/mol. The van der Waals surface area contributed by atoms with Crippen molar-refractivity contribution >= 4 is 11.8 Å². The summed E-state index contributed by atoms with van der Waals surface area (Å²) in [4.78, 5) is 23.8. The maximum atomic E-state index is 13.0. The normalized spacial score (nSPS) is 12.2. The van der Waals surface area contributed by atoms with Crippen molar-refractivity contribution in [1.82, 2.24) is 4.57 Å². The van der Waals surface area contributed by atoms with Gasteiger partial charge in [0.15, 0.2) is 5.78 Å². The molecule has 140 valence electrons. The molecule has 5 heteroatoms. The number of carboxylic acids is 1. The first kappa shape index (κ1) is 19.8. The zero-order valence-electron chi connectivity index (χ0n) is 16.3. The number of ketones is 1. The van der Waals surface area contributed by atoms with Crippen LogP contribution in [0.25, 0.3) is 0 Å². The molecule has 0 unspecified atom stereocenters. The van der Waals surface area contributed by atoms with Gasteiger partial charge >= 0.3 is 5.97 Å². The van der Waals surface area contributed by atoms with Gasteiger partial charge in [0, 0.05) is 34.6 Å². The second kappa shape index (κ2) is 6.63. The smallest absolute Gasteiger partial charge is 0.323 e. The van der Waals surface area contributed by atoms with Crippen LogP contribution in [0.2, 0.25) is 0 Å². The summed E-state index contributed by atoms with van der Waals surface area (Å²) in [5.74, 6) is -0.926. The summed E-state index contributed by atoms with van der Waals surface area (Å²) in [6, 6.07) is 5.09. The minimum Gasteiger partial charge on any atom is -0.507 e. The van der Waals surface area contributed by atoms with Gasteiger partial charge in [-0.3, -0.25) is 9.59 Å². The van der Waals surface area contributed by atoms with Crippen LogP contribution in [-0.2, 0) is 22.2 Å². The van der Waals surface area contributed by atoms with E-state index in [4.69, 9.17) is 5.11 Å². The fraction of sp³-hybridized carbons (Fsp3) is 0.429. The number of phenolic OH excluding ortho intramolecular Hbond substituents is 1. The summed E-state index contributed by atoms with van der Waals surface area (Å²) in [5, 5.41) is 19.6. The molecule has 5 nitrogen and oxygen atoms in total. The van der Waals surface area contributed by atoms with E-state index >= 15 is 0 Å². The first-order chi connectivity index (χ1) is 11.8. The van der Waals surface area contributed by atoms with Gasteiger partial charge in [-0.05, 0) is 29.0 Å². The molecule has 1 aromatic carbocycles. The Balaban J connectivity index is 2.56. The number of aromatic nitrogens is 1. The van der Waals surface area contributed by atoms with E-state index in [-0.39, 0.29) is 28.9 Å². The lowest BCUT2D eigenvalue weighted by Crippen LogP contribution is -2.19. The van der Waals surface area contributed by atoms with E-state index in [9.17, 15) is 14.7 Å². The highest BCUT2D eigenvalue weighted by molar-refractivity contribution is 6.09. The SMILES string of the molecule is CC(C)(C)c1cc(C(=O)c2ccn(CC(=O)O)c2)cc(C(C)(C)C)c1O. The van der Waals surface area contributed by atoms with Crippen LogP contribution < -0.4 is 0 Å². The third-order valence-electron chi connectivity index (χ3n) is 4.32. The lowest BCUT2D eigenvalue weighted by Gasteiger charge is -2.28. The van der Waals surface area contributed by atoms with E-state index in [2.05, 4.69) is 0 Å². The lowest BCUT2D eigenvalue weighted by molar-refractivity contribution is -0.137. The Labute approximate surface area is 154 Å². The van der Waals surface area contributed by atoms with E-state index in [1.165, 1.54) is 10.8 Å². The predicted octanol–water partition coefficient (Wildman–Crippen LogP) is 4.10. The van der Waals surface area contributed by atoms with Crippen LogP contribution in [0.1, 0.15) is 68.6 Å². The van der Waals surface area contributed by atoms with Crippen LogP contribution in [0.5, 0.6) is 5.75 Å². The third-order valence-corrected chi connectivity index (χ3v) is 4.32. The number of phenols is 1. The summed E-state index contributed by atoms with van der Waals surface area (Å²) >= 11 is 0. The molecular weight excluding hydrogens is 330 g/mol. The van der Waals surface area contributed by atoms with Crippen LogP contribution in [0, 0.1) is 0 Å². The van der Waals surface area contributed by atoms with Gasteiger partial charge in [-0.15, -0.1) is 0 Å². The van der Waals surface area contributed by atoms with Gasteiger partial charge in [-0.2, -0.15) is 0 Å². The van der Waals surface area contributed by atoms with Crippen molar-refractivity contribution in [3.05, 3.63) is 52.8 Å². The van der Waals surface area contributed by atoms with Crippen LogP contribution in [-0.4, -0.2) is 26.5 Å². The average Bonchev–Trinajstić information content (AvgIpc) is 2.91. The van der Waals surface area contributed by atoms with Gasteiger partial charge in [0.2, 0.25) is 0 Å². The molecule has 0 saturated carbocycles. The first-order valence-corrected chi connectivity index (χ1v) is 8.61. The highest BCUT2D eigenvalue weighted by Gasteiger charge is 2.28. The first-order valence-electron chi connectivity index (χ1n) is 8.61. The number of hydrogen-bond acceptors (Lipinski definition) is 3. The van der Waals surface area contributed by atoms with Gasteiger partial charge < -0.3 is 14.8 Å². The molecule has 2 N–H and O–H groups in total. The molecule has 0 bridgehead atoms. The molecule has 2 rings (SSSR count). The summed E-state index contributed by atoms with van der Waals surface area (Å²) in [6.07, 6.45) is 3.12. The van der Waals surface area contributed by atoms with Crippen molar-refractivity contribution < 1.29 is 19.8 Å². The summed E-state index contributed by atoms with van der Waals surface area (Å²) in [6.45, 7) is 11.8. The molecule has 0 atom stereocenters. The van der Waals surface area contributed by atoms with E-state index in [0.29, 0.717) is 11.1 Å². The van der Waals surface area contributed by atoms with Crippen LogP contribution in [0.3, 0.4) is 0 Å².